The van der Waals surface area contributed by atoms with Crippen molar-refractivity contribution in [3.63, 3.8) is 0 Å². The van der Waals surface area contributed by atoms with Crippen molar-refractivity contribution < 1.29 is 9.90 Å². The molecule has 2 aromatic carbocycles. The Kier molecular flexibility index (Phi) is 4.49. The van der Waals surface area contributed by atoms with Crippen LogP contribution in [0.4, 0.5) is 0 Å². The number of carboxylic acid groups (broad SMARTS) is 1. The smallest absolute Gasteiger partial charge is 0.322 e. The zero-order chi connectivity index (χ0) is 13.7. The van der Waals surface area contributed by atoms with Crippen LogP contribution < -0.4 is 5.84 Å². The predicted molar refractivity (Wildman–Crippen MR) is 75.5 cm³/mol. The first kappa shape index (κ1) is 13.5. The Bertz CT molecular complexity index is 491. The lowest BCUT2D eigenvalue weighted by Gasteiger charge is -2.12. The molecule has 3 rings (SSSR count). The third-order valence-corrected chi connectivity index (χ3v) is 3.24. The topological polar surface area (TPSA) is 66.6 Å². The third kappa shape index (κ3) is 3.53. The average molecular weight is 258 g/mol. The predicted octanol–water partition coefficient (Wildman–Crippen LogP) is 2.25. The van der Waals surface area contributed by atoms with Crippen LogP contribution in [0.25, 0.3) is 10.8 Å². The molecule has 3 N–H and O–H groups in total. The highest BCUT2D eigenvalue weighted by Crippen LogP contribution is 2.12. The minimum atomic E-state index is -0.810. The summed E-state index contributed by atoms with van der Waals surface area (Å²) < 4.78 is 0. The molecular weight excluding hydrogens is 240 g/mol. The lowest BCUT2D eigenvalue weighted by Crippen LogP contribution is -2.40. The summed E-state index contributed by atoms with van der Waals surface area (Å²) in [5.74, 6) is 4.52. The van der Waals surface area contributed by atoms with Crippen LogP contribution in [0.3, 0.4) is 0 Å². The zero-order valence-electron chi connectivity index (χ0n) is 10.7. The number of fused-ring (bicyclic) bond motifs is 1. The van der Waals surface area contributed by atoms with Crippen LogP contribution >= 0.6 is 0 Å². The van der Waals surface area contributed by atoms with E-state index in [9.17, 15) is 4.79 Å². The molecule has 0 radical (unpaired) electrons. The maximum absolute atomic E-state index is 10.3. The van der Waals surface area contributed by atoms with Crippen molar-refractivity contribution in [1.29, 1.82) is 0 Å². The van der Waals surface area contributed by atoms with E-state index in [1.807, 2.05) is 0 Å². The molecule has 100 valence electrons. The molecule has 1 atom stereocenters. The fourth-order valence-electron chi connectivity index (χ4n) is 2.19. The highest BCUT2D eigenvalue weighted by atomic mass is 16.4. The van der Waals surface area contributed by atoms with Crippen LogP contribution in [0.1, 0.15) is 12.8 Å². The second-order valence-corrected chi connectivity index (χ2v) is 4.58. The van der Waals surface area contributed by atoms with Crippen molar-refractivity contribution in [3.05, 3.63) is 48.5 Å². The van der Waals surface area contributed by atoms with Gasteiger partial charge >= 0.3 is 5.97 Å². The Morgan fingerprint density at radius 2 is 1.58 bits per heavy atom. The Balaban J connectivity index is 0.000000141. The van der Waals surface area contributed by atoms with Gasteiger partial charge in [0.2, 0.25) is 0 Å². The number of rotatable bonds is 1. The van der Waals surface area contributed by atoms with Crippen LogP contribution in [0.5, 0.6) is 0 Å². The lowest BCUT2D eigenvalue weighted by molar-refractivity contribution is -0.142. The number of nitrogens with zero attached hydrogens (tertiary/aromatic N) is 1. The highest BCUT2D eigenvalue weighted by molar-refractivity contribution is 5.82. The first-order chi connectivity index (χ1) is 9.18. The molecule has 0 aliphatic carbocycles. The number of hydrazine groups is 1. The number of aliphatic carboxylic acids is 1. The van der Waals surface area contributed by atoms with Crippen molar-refractivity contribution >= 4 is 16.7 Å². The molecule has 4 heteroatoms. The van der Waals surface area contributed by atoms with Gasteiger partial charge in [-0.1, -0.05) is 48.5 Å². The van der Waals surface area contributed by atoms with E-state index in [2.05, 4.69) is 48.5 Å². The maximum Gasteiger partial charge on any atom is 0.322 e. The molecule has 1 aliphatic heterocycles. The number of nitrogens with two attached hydrogens (primary N) is 1. The zero-order valence-corrected chi connectivity index (χ0v) is 10.7. The van der Waals surface area contributed by atoms with Crippen molar-refractivity contribution in [1.82, 2.24) is 5.01 Å². The van der Waals surface area contributed by atoms with E-state index in [-0.39, 0.29) is 0 Å². The summed E-state index contributed by atoms with van der Waals surface area (Å²) in [6.45, 7) is 0.705. The third-order valence-electron chi connectivity index (χ3n) is 3.24. The van der Waals surface area contributed by atoms with Crippen LogP contribution in [-0.2, 0) is 4.79 Å². The Morgan fingerprint density at radius 1 is 1.11 bits per heavy atom. The van der Waals surface area contributed by atoms with Gasteiger partial charge < -0.3 is 5.11 Å². The maximum atomic E-state index is 10.3. The molecule has 1 aliphatic rings. The number of hydrogen-bond donors (Lipinski definition) is 2. The summed E-state index contributed by atoms with van der Waals surface area (Å²) in [7, 11) is 0. The molecule has 1 heterocycles. The molecule has 0 aromatic heterocycles. The largest absolute Gasteiger partial charge is 0.480 e. The van der Waals surface area contributed by atoms with Gasteiger partial charge in [-0.15, -0.1) is 0 Å². The first-order valence-corrected chi connectivity index (χ1v) is 6.36. The van der Waals surface area contributed by atoms with Crippen LogP contribution in [0.15, 0.2) is 48.5 Å². The molecule has 1 saturated heterocycles. The number of benzene rings is 2. The van der Waals surface area contributed by atoms with Gasteiger partial charge in [0.05, 0.1) is 0 Å². The van der Waals surface area contributed by atoms with Crippen molar-refractivity contribution in [3.8, 4) is 0 Å². The van der Waals surface area contributed by atoms with E-state index in [0.717, 1.165) is 6.42 Å². The first-order valence-electron chi connectivity index (χ1n) is 6.36. The van der Waals surface area contributed by atoms with Gasteiger partial charge in [0.25, 0.3) is 0 Å². The average Bonchev–Trinajstić information content (AvgIpc) is 2.86. The highest BCUT2D eigenvalue weighted by Gasteiger charge is 2.27. The lowest BCUT2D eigenvalue weighted by atomic mass is 10.1. The van der Waals surface area contributed by atoms with E-state index in [4.69, 9.17) is 10.9 Å². The van der Waals surface area contributed by atoms with Gasteiger partial charge in [-0.25, -0.2) is 5.01 Å². The standard InChI is InChI=1S/C10H8.C5H10N2O2/c1-2-6-10-8-4-3-7-9(10)5-1;6-7-3-1-2-4(7)5(8)9/h1-8H;4H,1-3,6H2,(H,8,9)/t;4-/m.0/s1. The quantitative estimate of drug-likeness (QED) is 0.770. The van der Waals surface area contributed by atoms with E-state index in [1.54, 1.807) is 0 Å². The summed E-state index contributed by atoms with van der Waals surface area (Å²) >= 11 is 0. The SMILES string of the molecule is NN1CCC[C@H]1C(=O)O.c1ccc2ccccc2c1. The summed E-state index contributed by atoms with van der Waals surface area (Å²) in [6, 6.07) is 16.3. The summed E-state index contributed by atoms with van der Waals surface area (Å²) in [5.41, 5.74) is 0. The second kappa shape index (κ2) is 6.31. The second-order valence-electron chi connectivity index (χ2n) is 4.58. The summed E-state index contributed by atoms with van der Waals surface area (Å²) in [4.78, 5) is 10.3. The molecule has 0 spiro atoms. The Morgan fingerprint density at radius 3 is 1.84 bits per heavy atom. The molecule has 2 aromatic rings. The van der Waals surface area contributed by atoms with Crippen molar-refractivity contribution in [2.75, 3.05) is 6.54 Å². The van der Waals surface area contributed by atoms with Gasteiger partial charge in [-0.3, -0.25) is 10.6 Å². The van der Waals surface area contributed by atoms with E-state index >= 15 is 0 Å². The molecular formula is C15H18N2O2. The minimum Gasteiger partial charge on any atom is -0.480 e. The van der Waals surface area contributed by atoms with E-state index < -0.39 is 12.0 Å². The fourth-order valence-corrected chi connectivity index (χ4v) is 2.19. The molecule has 19 heavy (non-hydrogen) atoms. The number of carbonyl (C=O) groups is 1. The Hall–Kier alpha value is -1.91. The summed E-state index contributed by atoms with van der Waals surface area (Å²) in [6.07, 6.45) is 1.58. The van der Waals surface area contributed by atoms with Gasteiger partial charge in [0.1, 0.15) is 6.04 Å². The molecule has 1 fully saturated rings. The van der Waals surface area contributed by atoms with Crippen molar-refractivity contribution in [2.45, 2.75) is 18.9 Å². The summed E-state index contributed by atoms with van der Waals surface area (Å²) in [5, 5.41) is 12.5. The van der Waals surface area contributed by atoms with Gasteiger partial charge in [-0.2, -0.15) is 0 Å². The van der Waals surface area contributed by atoms with Crippen LogP contribution in [0.2, 0.25) is 0 Å². The van der Waals surface area contributed by atoms with E-state index in [0.29, 0.717) is 13.0 Å². The number of carboxylic acids is 1. The molecule has 0 saturated carbocycles. The normalized spacial score (nSPS) is 18.9. The Labute approximate surface area is 112 Å². The van der Waals surface area contributed by atoms with Crippen LogP contribution in [0, 0.1) is 0 Å². The van der Waals surface area contributed by atoms with Crippen LogP contribution in [-0.4, -0.2) is 28.7 Å². The van der Waals surface area contributed by atoms with Gasteiger partial charge in [-0.05, 0) is 23.6 Å². The number of hydrogen-bond acceptors (Lipinski definition) is 3. The van der Waals surface area contributed by atoms with Gasteiger partial charge in [0.15, 0.2) is 0 Å². The molecule has 0 unspecified atom stereocenters. The minimum absolute atomic E-state index is 0.440. The van der Waals surface area contributed by atoms with Gasteiger partial charge in [0, 0.05) is 6.54 Å². The molecule has 0 bridgehead atoms. The molecule has 0 amide bonds. The fraction of sp³-hybridized carbons (Fsp3) is 0.267. The van der Waals surface area contributed by atoms with Crippen molar-refractivity contribution in [2.24, 2.45) is 5.84 Å². The monoisotopic (exact) mass is 258 g/mol. The molecule has 4 nitrogen and oxygen atoms in total. The van der Waals surface area contributed by atoms with E-state index in [1.165, 1.54) is 15.8 Å².